The second-order valence-electron chi connectivity index (χ2n) is 9.30. The Bertz CT molecular complexity index is 1980. The van der Waals surface area contributed by atoms with Gasteiger partial charge in [-0.05, 0) is 55.5 Å². The molecule has 10 nitrogen and oxygen atoms in total. The SMILES string of the molecule is CCN(c1cnc(N(COC=O)S(=O)(=O)c2ccc(C(F)(F)F)cc2)c2ccccc12)S(=O)(=O)c1ccc(C(=O)C(F)(F)F)cc1. The smallest absolute Gasteiger partial charge is 0.445 e. The topological polar surface area (TPSA) is 131 Å². The summed E-state index contributed by atoms with van der Waals surface area (Å²) in [5.41, 5.74) is -1.98. The van der Waals surface area contributed by atoms with E-state index in [9.17, 15) is 52.8 Å². The molecule has 0 amide bonds. The summed E-state index contributed by atoms with van der Waals surface area (Å²) in [7, 11) is -9.23. The van der Waals surface area contributed by atoms with Gasteiger partial charge in [0.25, 0.3) is 32.3 Å². The van der Waals surface area contributed by atoms with Crippen molar-refractivity contribution in [1.82, 2.24) is 4.98 Å². The quantitative estimate of drug-likeness (QED) is 0.0869. The van der Waals surface area contributed by atoms with Crippen LogP contribution in [0.15, 0.2) is 88.8 Å². The van der Waals surface area contributed by atoms with Gasteiger partial charge in [-0.2, -0.15) is 26.3 Å². The van der Waals surface area contributed by atoms with Crippen molar-refractivity contribution in [2.45, 2.75) is 29.1 Å². The van der Waals surface area contributed by atoms with Crippen molar-refractivity contribution in [1.29, 1.82) is 0 Å². The van der Waals surface area contributed by atoms with Crippen LogP contribution in [0.2, 0.25) is 0 Å². The highest BCUT2D eigenvalue weighted by Crippen LogP contribution is 2.37. The van der Waals surface area contributed by atoms with Crippen molar-refractivity contribution in [3.63, 3.8) is 0 Å². The molecule has 1 heterocycles. The van der Waals surface area contributed by atoms with E-state index in [1.54, 1.807) is 0 Å². The molecule has 0 aliphatic carbocycles. The molecule has 18 heteroatoms. The molecule has 0 saturated carbocycles. The third-order valence-electron chi connectivity index (χ3n) is 6.54. The predicted octanol–water partition coefficient (Wildman–Crippen LogP) is 5.54. The third kappa shape index (κ3) is 6.62. The maximum atomic E-state index is 13.6. The fraction of sp³-hybridized carbons (Fsp3) is 0.179. The maximum Gasteiger partial charge on any atom is 0.454 e. The van der Waals surface area contributed by atoms with E-state index < -0.39 is 65.8 Å². The summed E-state index contributed by atoms with van der Waals surface area (Å²) in [5, 5.41) is 0.130. The van der Waals surface area contributed by atoms with Gasteiger partial charge in [-0.15, -0.1) is 0 Å². The molecule has 3 aromatic carbocycles. The number of carbonyl (C=O) groups excluding carboxylic acids is 2. The zero-order valence-corrected chi connectivity index (χ0v) is 24.9. The fourth-order valence-corrected chi connectivity index (χ4v) is 7.17. The van der Waals surface area contributed by atoms with Gasteiger partial charge in [0.15, 0.2) is 12.5 Å². The van der Waals surface area contributed by atoms with Gasteiger partial charge in [0.1, 0.15) is 0 Å². The number of rotatable bonds is 11. The normalized spacial score (nSPS) is 12.5. The van der Waals surface area contributed by atoms with E-state index in [4.69, 9.17) is 0 Å². The Morgan fingerprint density at radius 3 is 1.83 bits per heavy atom. The van der Waals surface area contributed by atoms with Gasteiger partial charge < -0.3 is 4.74 Å². The average Bonchev–Trinajstić information content (AvgIpc) is 3.01. The summed E-state index contributed by atoms with van der Waals surface area (Å²) in [6.07, 6.45) is -8.92. The van der Waals surface area contributed by atoms with Crippen molar-refractivity contribution in [3.8, 4) is 0 Å². The van der Waals surface area contributed by atoms with Crippen LogP contribution in [0.4, 0.5) is 37.8 Å². The highest BCUT2D eigenvalue weighted by atomic mass is 32.2. The Kier molecular flexibility index (Phi) is 9.35. The van der Waals surface area contributed by atoms with Crippen molar-refractivity contribution in [3.05, 3.63) is 90.1 Å². The molecule has 0 fully saturated rings. The molecule has 0 aliphatic rings. The number of ketones is 1. The third-order valence-corrected chi connectivity index (χ3v) is 10.2. The lowest BCUT2D eigenvalue weighted by atomic mass is 10.1. The second-order valence-corrected chi connectivity index (χ2v) is 13.0. The molecular formula is C28H21F6N3O7S2. The van der Waals surface area contributed by atoms with Crippen LogP contribution in [0.25, 0.3) is 10.8 Å². The minimum absolute atomic E-state index is 0.0183. The Balaban J connectivity index is 1.82. The van der Waals surface area contributed by atoms with Crippen LogP contribution >= 0.6 is 0 Å². The van der Waals surface area contributed by atoms with Crippen molar-refractivity contribution in [2.24, 2.45) is 0 Å². The van der Waals surface area contributed by atoms with Crippen LogP contribution in [0.3, 0.4) is 0 Å². The van der Waals surface area contributed by atoms with Crippen molar-refractivity contribution >= 4 is 54.6 Å². The van der Waals surface area contributed by atoms with E-state index in [1.165, 1.54) is 31.2 Å². The number of carbonyl (C=O) groups is 2. The first-order chi connectivity index (χ1) is 21.4. The molecule has 0 atom stereocenters. The molecule has 0 spiro atoms. The van der Waals surface area contributed by atoms with Crippen molar-refractivity contribution in [2.75, 3.05) is 21.9 Å². The number of aromatic nitrogens is 1. The van der Waals surface area contributed by atoms with Crippen LogP contribution < -0.4 is 8.61 Å². The van der Waals surface area contributed by atoms with Crippen LogP contribution in [0.5, 0.6) is 0 Å². The van der Waals surface area contributed by atoms with E-state index in [-0.39, 0.29) is 35.3 Å². The summed E-state index contributed by atoms with van der Waals surface area (Å²) < 4.78 is 138. The largest absolute Gasteiger partial charge is 0.454 e. The summed E-state index contributed by atoms with van der Waals surface area (Å²) in [6, 6.07) is 11.4. The molecule has 0 aliphatic heterocycles. The van der Waals surface area contributed by atoms with E-state index >= 15 is 0 Å². The lowest BCUT2D eigenvalue weighted by Crippen LogP contribution is -2.35. The fourth-order valence-electron chi connectivity index (χ4n) is 4.38. The van der Waals surface area contributed by atoms with Gasteiger partial charge >= 0.3 is 12.4 Å². The monoisotopic (exact) mass is 689 g/mol. The molecule has 1 aromatic heterocycles. The molecule has 244 valence electrons. The Labute approximate surface area is 257 Å². The standard InChI is InChI=1S/C28H21F6N3O7S2/c1-2-36(45(40,41)20-11-7-18(8-12-20)25(39)28(32,33)34)24-15-35-26(23-6-4-3-5-22(23)24)37(16-44-17-38)46(42,43)21-13-9-19(10-14-21)27(29,30)31/h3-15,17H,2,16H2,1H3. The molecule has 46 heavy (non-hydrogen) atoms. The predicted molar refractivity (Wildman–Crippen MR) is 152 cm³/mol. The first-order valence-corrected chi connectivity index (χ1v) is 15.7. The summed E-state index contributed by atoms with van der Waals surface area (Å²) >= 11 is 0. The zero-order valence-electron chi connectivity index (χ0n) is 23.3. The van der Waals surface area contributed by atoms with Crippen LogP contribution in [0, 0.1) is 0 Å². The molecule has 4 rings (SSSR count). The zero-order chi connectivity index (χ0) is 34.1. The van der Waals surface area contributed by atoms with E-state index in [1.807, 2.05) is 0 Å². The number of nitrogens with zero attached hydrogens (tertiary/aromatic N) is 3. The molecule has 0 unspecified atom stereocenters. The number of Topliss-reactive ketones (excluding diaryl/α,β-unsaturated/α-hetero) is 1. The van der Waals surface area contributed by atoms with Crippen LogP contribution in [-0.4, -0.2) is 53.5 Å². The number of alkyl halides is 6. The lowest BCUT2D eigenvalue weighted by Gasteiger charge is -2.27. The lowest BCUT2D eigenvalue weighted by molar-refractivity contribution is -0.137. The molecule has 0 saturated heterocycles. The van der Waals surface area contributed by atoms with Gasteiger partial charge in [-0.25, -0.2) is 26.1 Å². The first kappa shape index (κ1) is 34.2. The van der Waals surface area contributed by atoms with E-state index in [2.05, 4.69) is 9.72 Å². The number of benzene rings is 3. The maximum absolute atomic E-state index is 13.6. The van der Waals surface area contributed by atoms with E-state index in [0.29, 0.717) is 40.7 Å². The number of pyridine rings is 1. The molecule has 0 N–H and O–H groups in total. The molecule has 4 aromatic rings. The van der Waals surface area contributed by atoms with Gasteiger partial charge in [0.2, 0.25) is 0 Å². The minimum atomic E-state index is -5.17. The highest BCUT2D eigenvalue weighted by Gasteiger charge is 2.39. The van der Waals surface area contributed by atoms with Crippen LogP contribution in [-0.2, 0) is 35.8 Å². The Hall–Kier alpha value is -4.71. The van der Waals surface area contributed by atoms with Gasteiger partial charge in [-0.3, -0.25) is 13.9 Å². The molecule has 0 radical (unpaired) electrons. The highest BCUT2D eigenvalue weighted by molar-refractivity contribution is 7.93. The summed E-state index contributed by atoms with van der Waals surface area (Å²) in [4.78, 5) is 25.6. The number of fused-ring (bicyclic) bond motifs is 1. The number of hydrogen-bond donors (Lipinski definition) is 0. The number of halogens is 6. The van der Waals surface area contributed by atoms with E-state index in [0.717, 1.165) is 22.6 Å². The number of hydrogen-bond acceptors (Lipinski definition) is 8. The molecular weight excluding hydrogens is 668 g/mol. The van der Waals surface area contributed by atoms with Gasteiger partial charge in [0.05, 0.1) is 27.2 Å². The van der Waals surface area contributed by atoms with Gasteiger partial charge in [-0.1, -0.05) is 24.3 Å². The minimum Gasteiger partial charge on any atom is -0.445 e. The Morgan fingerprint density at radius 2 is 1.33 bits per heavy atom. The first-order valence-electron chi connectivity index (χ1n) is 12.8. The number of ether oxygens (including phenoxy) is 1. The van der Waals surface area contributed by atoms with Crippen LogP contribution in [0.1, 0.15) is 22.8 Å². The number of anilines is 2. The number of sulfonamides is 2. The van der Waals surface area contributed by atoms with Crippen molar-refractivity contribution < 1.29 is 57.5 Å². The summed E-state index contributed by atoms with van der Waals surface area (Å²) in [5.74, 6) is -2.53. The Morgan fingerprint density at radius 1 is 0.804 bits per heavy atom. The second kappa shape index (κ2) is 12.6. The summed E-state index contributed by atoms with van der Waals surface area (Å²) in [6.45, 7) is 0.187. The van der Waals surface area contributed by atoms with Gasteiger partial charge in [0, 0.05) is 22.9 Å². The average molecular weight is 690 g/mol. The molecule has 0 bridgehead atoms.